The van der Waals surface area contributed by atoms with Crippen molar-refractivity contribution in [3.8, 4) is 0 Å². The van der Waals surface area contributed by atoms with Gasteiger partial charge >= 0.3 is 0 Å². The summed E-state index contributed by atoms with van der Waals surface area (Å²) in [7, 11) is 0. The van der Waals surface area contributed by atoms with E-state index in [0.29, 0.717) is 5.92 Å². The molecule has 0 saturated carbocycles. The van der Waals surface area contributed by atoms with Gasteiger partial charge in [-0.1, -0.05) is 72.1 Å². The van der Waals surface area contributed by atoms with Gasteiger partial charge in [-0.05, 0) is 31.4 Å². The Hall–Kier alpha value is -1.38. The van der Waals surface area contributed by atoms with Gasteiger partial charge in [-0.25, -0.2) is 9.97 Å². The number of nitrogens with one attached hydrogen (secondary N) is 1. The monoisotopic (exact) mass is 343 g/mol. The summed E-state index contributed by atoms with van der Waals surface area (Å²) in [5.41, 5.74) is 3.23. The minimum atomic E-state index is 0.579. The highest BCUT2D eigenvalue weighted by atomic mass is 15.0. The zero-order valence-electron chi connectivity index (χ0n) is 16.6. The van der Waals surface area contributed by atoms with Gasteiger partial charge in [0.2, 0.25) is 0 Å². The summed E-state index contributed by atoms with van der Waals surface area (Å²) in [6, 6.07) is 4.39. The predicted molar refractivity (Wildman–Crippen MR) is 108 cm³/mol. The minimum Gasteiger partial charge on any atom is -0.341 e. The van der Waals surface area contributed by atoms with Gasteiger partial charge in [0, 0.05) is 18.0 Å². The van der Waals surface area contributed by atoms with Gasteiger partial charge in [0.05, 0.1) is 5.52 Å². The molecule has 0 fully saturated rings. The Morgan fingerprint density at radius 3 is 2.28 bits per heavy atom. The van der Waals surface area contributed by atoms with Crippen LogP contribution in [0.1, 0.15) is 109 Å². The number of nitrogens with zero attached hydrogens (tertiary/aromatic N) is 2. The number of hydrogen-bond acceptors (Lipinski definition) is 2. The van der Waals surface area contributed by atoms with Gasteiger partial charge < -0.3 is 4.98 Å². The van der Waals surface area contributed by atoms with E-state index in [4.69, 9.17) is 9.97 Å². The minimum absolute atomic E-state index is 0.579. The number of fused-ring (bicyclic) bond motifs is 1. The SMILES string of the molecule is CCCCCCCc1nc2nc(C(CC)CCCCCC)ccc2[nH]1. The Kier molecular flexibility index (Phi) is 8.99. The number of imidazole rings is 1. The second kappa shape index (κ2) is 11.3. The van der Waals surface area contributed by atoms with Crippen LogP contribution in [0.4, 0.5) is 0 Å². The highest BCUT2D eigenvalue weighted by Crippen LogP contribution is 2.26. The van der Waals surface area contributed by atoms with Crippen LogP contribution in [0.25, 0.3) is 11.2 Å². The molecule has 3 heteroatoms. The predicted octanol–water partition coefficient (Wildman–Crippen LogP) is 6.93. The van der Waals surface area contributed by atoms with Gasteiger partial charge in [0.25, 0.3) is 0 Å². The molecule has 2 aromatic rings. The second-order valence-corrected chi connectivity index (χ2v) is 7.41. The van der Waals surface area contributed by atoms with Crippen LogP contribution in [0, 0.1) is 0 Å². The zero-order valence-corrected chi connectivity index (χ0v) is 16.6. The molecule has 1 atom stereocenters. The molecule has 0 bridgehead atoms. The Morgan fingerprint density at radius 2 is 1.56 bits per heavy atom. The first-order valence-corrected chi connectivity index (χ1v) is 10.6. The molecule has 0 aliphatic carbocycles. The average Bonchev–Trinajstić information content (AvgIpc) is 3.03. The number of hydrogen-bond donors (Lipinski definition) is 1. The molecule has 2 rings (SSSR count). The molecule has 0 amide bonds. The fourth-order valence-electron chi connectivity index (χ4n) is 3.58. The van der Waals surface area contributed by atoms with Crippen molar-refractivity contribution in [1.82, 2.24) is 15.0 Å². The molecule has 0 aliphatic rings. The van der Waals surface area contributed by atoms with Gasteiger partial charge in [-0.3, -0.25) is 0 Å². The maximum Gasteiger partial charge on any atom is 0.177 e. The summed E-state index contributed by atoms with van der Waals surface area (Å²) in [4.78, 5) is 13.1. The molecule has 2 heterocycles. The Labute approximate surface area is 154 Å². The highest BCUT2D eigenvalue weighted by Gasteiger charge is 2.13. The lowest BCUT2D eigenvalue weighted by Crippen LogP contribution is -2.01. The molecule has 140 valence electrons. The first kappa shape index (κ1) is 19.9. The van der Waals surface area contributed by atoms with E-state index < -0.39 is 0 Å². The van der Waals surface area contributed by atoms with Crippen LogP contribution >= 0.6 is 0 Å². The highest BCUT2D eigenvalue weighted by molar-refractivity contribution is 5.70. The van der Waals surface area contributed by atoms with E-state index in [1.807, 2.05) is 0 Å². The van der Waals surface area contributed by atoms with Crippen molar-refractivity contribution in [1.29, 1.82) is 0 Å². The van der Waals surface area contributed by atoms with Crippen molar-refractivity contribution in [2.24, 2.45) is 0 Å². The Bertz CT molecular complexity index is 602. The first-order valence-electron chi connectivity index (χ1n) is 10.6. The summed E-state index contributed by atoms with van der Waals surface area (Å²) in [6.45, 7) is 6.81. The molecule has 0 aliphatic heterocycles. The first-order chi connectivity index (χ1) is 12.3. The summed E-state index contributed by atoms with van der Waals surface area (Å²) in [6.07, 6.45) is 15.3. The van der Waals surface area contributed by atoms with Crippen LogP contribution in [0.3, 0.4) is 0 Å². The van der Waals surface area contributed by atoms with Gasteiger partial charge in [0.15, 0.2) is 5.65 Å². The molecule has 0 radical (unpaired) electrons. The number of H-pyrrole nitrogens is 1. The summed E-state index contributed by atoms with van der Waals surface area (Å²) in [5.74, 6) is 1.68. The lowest BCUT2D eigenvalue weighted by molar-refractivity contribution is 0.534. The van der Waals surface area contributed by atoms with E-state index in [-0.39, 0.29) is 0 Å². The molecular weight excluding hydrogens is 306 g/mol. The number of aromatic nitrogens is 3. The Balaban J connectivity index is 1.93. The quantitative estimate of drug-likeness (QED) is 0.400. The lowest BCUT2D eigenvalue weighted by Gasteiger charge is -2.13. The van der Waals surface area contributed by atoms with Gasteiger partial charge in [-0.15, -0.1) is 0 Å². The molecule has 3 nitrogen and oxygen atoms in total. The smallest absolute Gasteiger partial charge is 0.177 e. The van der Waals surface area contributed by atoms with Crippen molar-refractivity contribution in [2.75, 3.05) is 0 Å². The fourth-order valence-corrected chi connectivity index (χ4v) is 3.58. The van der Waals surface area contributed by atoms with Crippen molar-refractivity contribution < 1.29 is 0 Å². The van der Waals surface area contributed by atoms with Crippen molar-refractivity contribution in [3.05, 3.63) is 23.7 Å². The van der Waals surface area contributed by atoms with E-state index in [1.165, 1.54) is 76.3 Å². The molecule has 0 spiro atoms. The van der Waals surface area contributed by atoms with E-state index in [2.05, 4.69) is 37.9 Å². The van der Waals surface area contributed by atoms with Crippen LogP contribution in [0.2, 0.25) is 0 Å². The van der Waals surface area contributed by atoms with Crippen molar-refractivity contribution in [3.63, 3.8) is 0 Å². The lowest BCUT2D eigenvalue weighted by atomic mass is 9.94. The second-order valence-electron chi connectivity index (χ2n) is 7.41. The van der Waals surface area contributed by atoms with Crippen molar-refractivity contribution in [2.45, 2.75) is 104 Å². The van der Waals surface area contributed by atoms with Crippen LogP contribution in [0.5, 0.6) is 0 Å². The normalized spacial score (nSPS) is 12.8. The maximum atomic E-state index is 4.88. The van der Waals surface area contributed by atoms with E-state index in [9.17, 15) is 0 Å². The van der Waals surface area contributed by atoms with Gasteiger partial charge in [-0.2, -0.15) is 0 Å². The topological polar surface area (TPSA) is 41.6 Å². The number of aryl methyl sites for hydroxylation is 1. The summed E-state index contributed by atoms with van der Waals surface area (Å²) in [5, 5.41) is 0. The number of unbranched alkanes of at least 4 members (excludes halogenated alkanes) is 7. The van der Waals surface area contributed by atoms with E-state index in [0.717, 1.165) is 23.4 Å². The van der Waals surface area contributed by atoms with E-state index >= 15 is 0 Å². The molecule has 25 heavy (non-hydrogen) atoms. The third-order valence-electron chi connectivity index (χ3n) is 5.25. The van der Waals surface area contributed by atoms with Crippen LogP contribution < -0.4 is 0 Å². The fraction of sp³-hybridized carbons (Fsp3) is 0.727. The van der Waals surface area contributed by atoms with Crippen molar-refractivity contribution >= 4 is 11.2 Å². The molecule has 0 aromatic carbocycles. The molecule has 2 aromatic heterocycles. The summed E-state index contributed by atoms with van der Waals surface area (Å²) < 4.78 is 0. The maximum absolute atomic E-state index is 4.88. The van der Waals surface area contributed by atoms with Crippen LogP contribution in [-0.2, 0) is 6.42 Å². The van der Waals surface area contributed by atoms with Gasteiger partial charge in [0.1, 0.15) is 5.82 Å². The standard InChI is InChI=1S/C22H37N3/c1-4-7-9-11-13-15-21-23-20-17-16-19(24-22(20)25-21)18(6-3)14-12-10-8-5-2/h16-18H,4-15H2,1-3H3,(H,23,24,25). The van der Waals surface area contributed by atoms with Crippen LogP contribution in [-0.4, -0.2) is 15.0 Å². The largest absolute Gasteiger partial charge is 0.341 e. The number of rotatable bonds is 13. The molecular formula is C22H37N3. The van der Waals surface area contributed by atoms with E-state index in [1.54, 1.807) is 0 Å². The van der Waals surface area contributed by atoms with Crippen LogP contribution in [0.15, 0.2) is 12.1 Å². The number of aromatic amines is 1. The zero-order chi connectivity index (χ0) is 17.9. The molecule has 1 unspecified atom stereocenters. The third kappa shape index (κ3) is 6.45. The number of pyridine rings is 1. The third-order valence-corrected chi connectivity index (χ3v) is 5.25. The summed E-state index contributed by atoms with van der Waals surface area (Å²) >= 11 is 0. The molecule has 0 saturated heterocycles. The molecule has 1 N–H and O–H groups in total. The average molecular weight is 344 g/mol. The Morgan fingerprint density at radius 1 is 0.840 bits per heavy atom.